The minimum atomic E-state index is -2.86. The number of nitrogens with one attached hydrogen (secondary N) is 1. The zero-order valence-electron chi connectivity index (χ0n) is 15.7. The molecule has 6 nitrogen and oxygen atoms in total. The van der Waals surface area contributed by atoms with Gasteiger partial charge in [-0.05, 0) is 49.8 Å². The van der Waals surface area contributed by atoms with Crippen LogP contribution in [0.3, 0.4) is 0 Å². The number of rotatable bonds is 12. The fourth-order valence-electron chi connectivity index (χ4n) is 2.77. The van der Waals surface area contributed by atoms with Crippen molar-refractivity contribution in [3.05, 3.63) is 29.8 Å². The van der Waals surface area contributed by atoms with Crippen molar-refractivity contribution < 1.29 is 28.2 Å². The smallest absolute Gasteiger partial charge is 0.387 e. The molecule has 0 bridgehead atoms. The summed E-state index contributed by atoms with van der Waals surface area (Å²) in [5.74, 6) is -1.25. The molecule has 2 amide bonds. The van der Waals surface area contributed by atoms with E-state index in [9.17, 15) is 23.5 Å². The number of alkyl halides is 2. The predicted molar refractivity (Wildman–Crippen MR) is 97.2 cm³/mol. The second-order valence-electron chi connectivity index (χ2n) is 6.64. The van der Waals surface area contributed by atoms with Crippen molar-refractivity contribution in [1.82, 2.24) is 5.32 Å². The number of hydrogen-bond donors (Lipinski definition) is 3. The van der Waals surface area contributed by atoms with Gasteiger partial charge in [0.25, 0.3) is 0 Å². The summed E-state index contributed by atoms with van der Waals surface area (Å²) in [6.07, 6.45) is 1.47. The predicted octanol–water partition coefficient (Wildman–Crippen LogP) is 2.24. The van der Waals surface area contributed by atoms with Crippen molar-refractivity contribution in [3.63, 3.8) is 0 Å². The van der Waals surface area contributed by atoms with E-state index in [0.717, 1.165) is 5.56 Å². The highest BCUT2D eigenvalue weighted by Crippen LogP contribution is 2.21. The number of ether oxygens (including phenoxy) is 1. The summed E-state index contributed by atoms with van der Waals surface area (Å²) in [7, 11) is 1.53. The van der Waals surface area contributed by atoms with Gasteiger partial charge in [0.15, 0.2) is 0 Å². The Balaban J connectivity index is 2.51. The van der Waals surface area contributed by atoms with Crippen LogP contribution in [-0.4, -0.2) is 36.7 Å². The van der Waals surface area contributed by atoms with Gasteiger partial charge < -0.3 is 20.9 Å². The van der Waals surface area contributed by atoms with Crippen LogP contribution in [0.5, 0.6) is 5.75 Å². The lowest BCUT2D eigenvalue weighted by molar-refractivity contribution is -0.127. The summed E-state index contributed by atoms with van der Waals surface area (Å²) in [4.78, 5) is 23.2. The van der Waals surface area contributed by atoms with E-state index in [2.05, 4.69) is 10.1 Å². The minimum Gasteiger partial charge on any atom is -0.435 e. The lowest BCUT2D eigenvalue weighted by Crippen LogP contribution is -2.31. The molecule has 0 aliphatic heterocycles. The number of nitrogens with two attached hydrogens (primary N) is 1. The van der Waals surface area contributed by atoms with E-state index >= 15 is 0 Å². The van der Waals surface area contributed by atoms with Crippen molar-refractivity contribution in [3.8, 4) is 5.75 Å². The first-order valence-electron chi connectivity index (χ1n) is 8.95. The molecule has 1 rings (SSSR count). The number of carbonyl (C=O) groups excluding carboxylic acids is 2. The molecule has 1 unspecified atom stereocenters. The average molecular weight is 386 g/mol. The Labute approximate surface area is 158 Å². The summed E-state index contributed by atoms with van der Waals surface area (Å²) in [5.41, 5.74) is 6.11. The quantitative estimate of drug-likeness (QED) is 0.513. The third-order valence-corrected chi connectivity index (χ3v) is 4.52. The number of aryl methyl sites for hydroxylation is 1. The topological polar surface area (TPSA) is 102 Å². The van der Waals surface area contributed by atoms with Crippen molar-refractivity contribution in [2.45, 2.75) is 51.7 Å². The van der Waals surface area contributed by atoms with Crippen molar-refractivity contribution in [1.29, 1.82) is 0 Å². The Morgan fingerprint density at radius 2 is 1.81 bits per heavy atom. The summed E-state index contributed by atoms with van der Waals surface area (Å²) >= 11 is 0. The largest absolute Gasteiger partial charge is 0.435 e. The van der Waals surface area contributed by atoms with E-state index in [0.29, 0.717) is 25.7 Å². The van der Waals surface area contributed by atoms with Gasteiger partial charge in [0.2, 0.25) is 11.8 Å². The zero-order chi connectivity index (χ0) is 20.4. The van der Waals surface area contributed by atoms with Crippen LogP contribution in [0.4, 0.5) is 8.78 Å². The van der Waals surface area contributed by atoms with Crippen LogP contribution in [0.15, 0.2) is 24.3 Å². The zero-order valence-corrected chi connectivity index (χ0v) is 15.7. The first kappa shape index (κ1) is 22.8. The van der Waals surface area contributed by atoms with Gasteiger partial charge in [0.1, 0.15) is 5.75 Å². The molecule has 0 radical (unpaired) electrons. The summed E-state index contributed by atoms with van der Waals surface area (Å²) in [6, 6.07) is 6.23. The molecule has 0 saturated carbocycles. The maximum absolute atomic E-state index is 12.1. The highest BCUT2D eigenvalue weighted by molar-refractivity contribution is 5.79. The van der Waals surface area contributed by atoms with E-state index in [4.69, 9.17) is 5.73 Å². The summed E-state index contributed by atoms with van der Waals surface area (Å²) < 4.78 is 28.6. The van der Waals surface area contributed by atoms with Crippen LogP contribution in [0, 0.1) is 11.8 Å². The molecule has 8 heteroatoms. The van der Waals surface area contributed by atoms with Crippen LogP contribution in [0.25, 0.3) is 0 Å². The van der Waals surface area contributed by atoms with Crippen LogP contribution < -0.4 is 15.8 Å². The Bertz CT molecular complexity index is 596. The van der Waals surface area contributed by atoms with Gasteiger partial charge in [-0.25, -0.2) is 0 Å². The number of aliphatic hydroxyl groups is 1. The Morgan fingerprint density at radius 1 is 1.19 bits per heavy atom. The SMILES string of the molecule is CNC(=O)[C@H](CCC(C)C(N)=O)C[C@@H](O)CCc1ccc(OC(F)F)cc1. The summed E-state index contributed by atoms with van der Waals surface area (Å²) in [6.45, 7) is -1.15. The number of amides is 2. The molecule has 0 heterocycles. The van der Waals surface area contributed by atoms with E-state index in [1.54, 1.807) is 19.1 Å². The second-order valence-corrected chi connectivity index (χ2v) is 6.64. The van der Waals surface area contributed by atoms with Gasteiger partial charge in [-0.15, -0.1) is 0 Å². The molecular weight excluding hydrogens is 358 g/mol. The third kappa shape index (κ3) is 8.81. The number of hydrogen-bond acceptors (Lipinski definition) is 4. The first-order chi connectivity index (χ1) is 12.7. The lowest BCUT2D eigenvalue weighted by atomic mass is 9.90. The van der Waals surface area contributed by atoms with Gasteiger partial charge >= 0.3 is 6.61 Å². The Morgan fingerprint density at radius 3 is 2.33 bits per heavy atom. The van der Waals surface area contributed by atoms with Crippen LogP contribution in [0.2, 0.25) is 0 Å². The van der Waals surface area contributed by atoms with Gasteiger partial charge in [-0.3, -0.25) is 9.59 Å². The fraction of sp³-hybridized carbons (Fsp3) is 0.579. The van der Waals surface area contributed by atoms with E-state index in [1.165, 1.54) is 19.2 Å². The minimum absolute atomic E-state index is 0.0811. The molecule has 0 fully saturated rings. The van der Waals surface area contributed by atoms with Crippen LogP contribution in [-0.2, 0) is 16.0 Å². The monoisotopic (exact) mass is 386 g/mol. The molecule has 0 aliphatic carbocycles. The molecule has 0 aliphatic rings. The molecule has 152 valence electrons. The lowest BCUT2D eigenvalue weighted by Gasteiger charge is -2.20. The van der Waals surface area contributed by atoms with E-state index < -0.39 is 24.5 Å². The molecule has 1 aromatic carbocycles. The number of halogens is 2. The normalized spacial score (nSPS) is 14.4. The number of primary amides is 1. The van der Waals surface area contributed by atoms with Crippen molar-refractivity contribution in [2.75, 3.05) is 7.05 Å². The van der Waals surface area contributed by atoms with Crippen LogP contribution >= 0.6 is 0 Å². The highest BCUT2D eigenvalue weighted by Gasteiger charge is 2.23. The van der Waals surface area contributed by atoms with Gasteiger partial charge in [-0.1, -0.05) is 19.1 Å². The number of benzene rings is 1. The molecule has 27 heavy (non-hydrogen) atoms. The van der Waals surface area contributed by atoms with E-state index in [1.807, 2.05) is 0 Å². The Kier molecular flexibility index (Phi) is 9.71. The van der Waals surface area contributed by atoms with Crippen LogP contribution in [0.1, 0.15) is 38.2 Å². The van der Waals surface area contributed by atoms with Gasteiger partial charge in [0, 0.05) is 18.9 Å². The number of carbonyl (C=O) groups is 2. The fourth-order valence-corrected chi connectivity index (χ4v) is 2.77. The first-order valence-corrected chi connectivity index (χ1v) is 8.95. The van der Waals surface area contributed by atoms with Crippen molar-refractivity contribution in [2.24, 2.45) is 17.6 Å². The molecule has 0 saturated heterocycles. The Hall–Kier alpha value is -2.22. The molecule has 4 N–H and O–H groups in total. The summed E-state index contributed by atoms with van der Waals surface area (Å²) in [5, 5.41) is 12.9. The average Bonchev–Trinajstić information content (AvgIpc) is 2.62. The molecular formula is C19H28F2N2O4. The highest BCUT2D eigenvalue weighted by atomic mass is 19.3. The second kappa shape index (κ2) is 11.5. The third-order valence-electron chi connectivity index (χ3n) is 4.52. The number of aliphatic hydroxyl groups excluding tert-OH is 1. The van der Waals surface area contributed by atoms with Gasteiger partial charge in [0.05, 0.1) is 6.10 Å². The maximum Gasteiger partial charge on any atom is 0.387 e. The van der Waals surface area contributed by atoms with Crippen molar-refractivity contribution >= 4 is 11.8 Å². The molecule has 0 aromatic heterocycles. The maximum atomic E-state index is 12.1. The van der Waals surface area contributed by atoms with E-state index in [-0.39, 0.29) is 24.0 Å². The molecule has 0 spiro atoms. The molecule has 3 atom stereocenters. The van der Waals surface area contributed by atoms with Gasteiger partial charge in [-0.2, -0.15) is 8.78 Å². The molecule has 1 aromatic rings. The standard InChI is InChI=1S/C19H28F2N2O4/c1-12(17(22)25)3-7-14(18(26)23-2)11-15(24)8-4-13-5-9-16(10-6-13)27-19(20)21/h5-6,9-10,12,14-15,19,24H,3-4,7-8,11H2,1-2H3,(H2,22,25)(H,23,26)/t12?,14-,15+/m1/s1.